The standard InChI is InChI=1S/C12H12N2O4/c1-16-12(15)9-4-5-14-11(10(9)13)18-7-8-3-2-6-17-8/h2-6H,7,13H2,1H3. The van der Waals surface area contributed by atoms with Crippen LogP contribution in [0, 0.1) is 0 Å². The molecule has 6 nitrogen and oxygen atoms in total. The zero-order valence-corrected chi connectivity index (χ0v) is 9.75. The smallest absolute Gasteiger partial charge is 0.340 e. The fourth-order valence-corrected chi connectivity index (χ4v) is 1.39. The van der Waals surface area contributed by atoms with Gasteiger partial charge in [0.25, 0.3) is 0 Å². The van der Waals surface area contributed by atoms with Gasteiger partial charge in [0.05, 0.1) is 18.9 Å². The minimum atomic E-state index is -0.530. The lowest BCUT2D eigenvalue weighted by Gasteiger charge is -2.08. The minimum Gasteiger partial charge on any atom is -0.468 e. The molecule has 0 aliphatic carbocycles. The first-order chi connectivity index (χ1) is 8.72. The highest BCUT2D eigenvalue weighted by atomic mass is 16.5. The number of carbonyl (C=O) groups excluding carboxylic acids is 1. The van der Waals surface area contributed by atoms with Crippen LogP contribution in [0.3, 0.4) is 0 Å². The average molecular weight is 248 g/mol. The van der Waals surface area contributed by atoms with Crippen LogP contribution in [0.15, 0.2) is 35.1 Å². The van der Waals surface area contributed by atoms with E-state index in [1.165, 1.54) is 19.4 Å². The number of rotatable bonds is 4. The van der Waals surface area contributed by atoms with Crippen LogP contribution in [0.2, 0.25) is 0 Å². The van der Waals surface area contributed by atoms with E-state index < -0.39 is 5.97 Å². The molecule has 0 amide bonds. The highest BCUT2D eigenvalue weighted by Gasteiger charge is 2.15. The van der Waals surface area contributed by atoms with Gasteiger partial charge < -0.3 is 19.6 Å². The Kier molecular flexibility index (Phi) is 3.47. The summed E-state index contributed by atoms with van der Waals surface area (Å²) in [6, 6.07) is 4.99. The van der Waals surface area contributed by atoms with E-state index in [0.717, 1.165) is 0 Å². The molecular formula is C12H12N2O4. The molecule has 0 aromatic carbocycles. The summed E-state index contributed by atoms with van der Waals surface area (Å²) in [6.45, 7) is 0.189. The van der Waals surface area contributed by atoms with Crippen molar-refractivity contribution < 1.29 is 18.7 Å². The number of ether oxygens (including phenoxy) is 2. The summed E-state index contributed by atoms with van der Waals surface area (Å²) >= 11 is 0. The predicted molar refractivity (Wildman–Crippen MR) is 63.0 cm³/mol. The summed E-state index contributed by atoms with van der Waals surface area (Å²) in [5, 5.41) is 0. The molecule has 0 unspecified atom stereocenters. The summed E-state index contributed by atoms with van der Waals surface area (Å²) in [7, 11) is 1.28. The maximum Gasteiger partial charge on any atom is 0.340 e. The van der Waals surface area contributed by atoms with Crippen LogP contribution in [0.5, 0.6) is 5.88 Å². The summed E-state index contributed by atoms with van der Waals surface area (Å²) in [5.41, 5.74) is 6.15. The zero-order chi connectivity index (χ0) is 13.0. The number of hydrogen-bond acceptors (Lipinski definition) is 6. The van der Waals surface area contributed by atoms with Gasteiger partial charge in [-0.2, -0.15) is 0 Å². The van der Waals surface area contributed by atoms with Crippen LogP contribution in [0.25, 0.3) is 0 Å². The van der Waals surface area contributed by atoms with Gasteiger partial charge in [-0.05, 0) is 18.2 Å². The third kappa shape index (κ3) is 2.42. The van der Waals surface area contributed by atoms with Crippen molar-refractivity contribution in [1.82, 2.24) is 4.98 Å². The average Bonchev–Trinajstić information content (AvgIpc) is 2.90. The topological polar surface area (TPSA) is 87.6 Å². The molecule has 94 valence electrons. The van der Waals surface area contributed by atoms with Crippen molar-refractivity contribution in [3.8, 4) is 5.88 Å². The highest BCUT2D eigenvalue weighted by Crippen LogP contribution is 2.23. The van der Waals surface area contributed by atoms with Crippen LogP contribution in [-0.2, 0) is 11.3 Å². The number of furan rings is 1. The zero-order valence-electron chi connectivity index (χ0n) is 9.75. The van der Waals surface area contributed by atoms with Gasteiger partial charge in [0.15, 0.2) is 0 Å². The highest BCUT2D eigenvalue weighted by molar-refractivity contribution is 5.95. The van der Waals surface area contributed by atoms with Crippen LogP contribution in [0.4, 0.5) is 5.69 Å². The Balaban J connectivity index is 2.16. The number of aromatic nitrogens is 1. The van der Waals surface area contributed by atoms with Gasteiger partial charge in [-0.1, -0.05) is 0 Å². The molecule has 0 atom stereocenters. The lowest BCUT2D eigenvalue weighted by atomic mass is 10.2. The Morgan fingerprint density at radius 2 is 2.33 bits per heavy atom. The predicted octanol–water partition coefficient (Wildman–Crippen LogP) is 1.62. The second-order valence-corrected chi connectivity index (χ2v) is 3.44. The molecule has 0 saturated carbocycles. The number of nitrogens with zero attached hydrogens (tertiary/aromatic N) is 1. The van der Waals surface area contributed by atoms with Crippen molar-refractivity contribution in [2.45, 2.75) is 6.61 Å². The number of anilines is 1. The largest absolute Gasteiger partial charge is 0.468 e. The van der Waals surface area contributed by atoms with E-state index in [2.05, 4.69) is 9.72 Å². The quantitative estimate of drug-likeness (QED) is 0.827. The molecule has 0 aliphatic rings. The molecule has 0 fully saturated rings. The van der Waals surface area contributed by atoms with E-state index in [-0.39, 0.29) is 23.7 Å². The summed E-state index contributed by atoms with van der Waals surface area (Å²) < 4.78 is 15.1. The lowest BCUT2D eigenvalue weighted by molar-refractivity contribution is 0.0601. The molecule has 0 radical (unpaired) electrons. The molecule has 2 aromatic rings. The summed E-state index contributed by atoms with van der Waals surface area (Å²) in [6.07, 6.45) is 2.97. The number of nitrogens with two attached hydrogens (primary N) is 1. The molecule has 18 heavy (non-hydrogen) atoms. The second kappa shape index (κ2) is 5.22. The molecular weight excluding hydrogens is 236 g/mol. The molecule has 2 rings (SSSR count). The first-order valence-corrected chi connectivity index (χ1v) is 5.20. The molecule has 0 bridgehead atoms. The maximum absolute atomic E-state index is 11.4. The van der Waals surface area contributed by atoms with Gasteiger partial charge in [0, 0.05) is 6.20 Å². The van der Waals surface area contributed by atoms with Crippen LogP contribution in [0.1, 0.15) is 16.1 Å². The third-order valence-corrected chi connectivity index (χ3v) is 2.29. The SMILES string of the molecule is COC(=O)c1ccnc(OCc2ccco2)c1N. The van der Waals surface area contributed by atoms with Crippen molar-refractivity contribution >= 4 is 11.7 Å². The number of pyridine rings is 1. The fourth-order valence-electron chi connectivity index (χ4n) is 1.39. The van der Waals surface area contributed by atoms with Crippen molar-refractivity contribution in [2.75, 3.05) is 12.8 Å². The maximum atomic E-state index is 11.4. The number of nitrogen functional groups attached to an aromatic ring is 1. The third-order valence-electron chi connectivity index (χ3n) is 2.29. The van der Waals surface area contributed by atoms with E-state index in [0.29, 0.717) is 5.76 Å². The first kappa shape index (κ1) is 12.0. The molecule has 0 aliphatic heterocycles. The Hall–Kier alpha value is -2.50. The number of esters is 1. The van der Waals surface area contributed by atoms with E-state index in [1.54, 1.807) is 18.4 Å². The van der Waals surface area contributed by atoms with Crippen molar-refractivity contribution in [3.63, 3.8) is 0 Å². The van der Waals surface area contributed by atoms with Gasteiger partial charge in [-0.15, -0.1) is 0 Å². The Labute approximate surface area is 103 Å². The van der Waals surface area contributed by atoms with E-state index in [4.69, 9.17) is 14.9 Å². The van der Waals surface area contributed by atoms with Crippen molar-refractivity contribution in [3.05, 3.63) is 42.0 Å². The molecule has 2 aromatic heterocycles. The van der Waals surface area contributed by atoms with Crippen LogP contribution < -0.4 is 10.5 Å². The van der Waals surface area contributed by atoms with Gasteiger partial charge in [0.1, 0.15) is 18.1 Å². The normalized spacial score (nSPS) is 10.1. The first-order valence-electron chi connectivity index (χ1n) is 5.20. The molecule has 2 heterocycles. The van der Waals surface area contributed by atoms with Gasteiger partial charge in [-0.3, -0.25) is 0 Å². The number of hydrogen-bond donors (Lipinski definition) is 1. The van der Waals surface area contributed by atoms with E-state index in [9.17, 15) is 4.79 Å². The minimum absolute atomic E-state index is 0.149. The van der Waals surface area contributed by atoms with E-state index in [1.807, 2.05) is 0 Å². The molecule has 6 heteroatoms. The number of methoxy groups -OCH3 is 1. The van der Waals surface area contributed by atoms with Gasteiger partial charge >= 0.3 is 5.97 Å². The van der Waals surface area contributed by atoms with E-state index >= 15 is 0 Å². The summed E-state index contributed by atoms with van der Waals surface area (Å²) in [4.78, 5) is 15.4. The monoisotopic (exact) mass is 248 g/mol. The lowest BCUT2D eigenvalue weighted by Crippen LogP contribution is -2.08. The van der Waals surface area contributed by atoms with Crippen molar-refractivity contribution in [1.29, 1.82) is 0 Å². The van der Waals surface area contributed by atoms with Gasteiger partial charge in [0.2, 0.25) is 5.88 Å². The van der Waals surface area contributed by atoms with Crippen LogP contribution in [-0.4, -0.2) is 18.1 Å². The molecule has 2 N–H and O–H groups in total. The fraction of sp³-hybridized carbons (Fsp3) is 0.167. The van der Waals surface area contributed by atoms with Crippen LogP contribution >= 0.6 is 0 Å². The number of carbonyl (C=O) groups is 1. The van der Waals surface area contributed by atoms with Gasteiger partial charge in [-0.25, -0.2) is 9.78 Å². The second-order valence-electron chi connectivity index (χ2n) is 3.44. The molecule has 0 spiro atoms. The molecule has 0 saturated heterocycles. The Morgan fingerprint density at radius 3 is 3.00 bits per heavy atom. The Morgan fingerprint density at radius 1 is 1.50 bits per heavy atom. The van der Waals surface area contributed by atoms with Crippen molar-refractivity contribution in [2.24, 2.45) is 0 Å². The summed E-state index contributed by atoms with van der Waals surface area (Å²) in [5.74, 6) is 0.284. The Bertz CT molecular complexity index is 537.